The predicted octanol–water partition coefficient (Wildman–Crippen LogP) is 4.03. The molecule has 1 aliphatic heterocycles. The Balaban J connectivity index is 1.75. The Morgan fingerprint density at radius 2 is 1.64 bits per heavy atom. The Morgan fingerprint density at radius 3 is 2.32 bits per heavy atom. The Labute approximate surface area is 147 Å². The molecule has 2 unspecified atom stereocenters. The molecule has 0 saturated carbocycles. The number of hydrogen-bond acceptors (Lipinski definition) is 2. The zero-order chi connectivity index (χ0) is 17.6. The fourth-order valence-corrected chi connectivity index (χ4v) is 4.60. The quantitative estimate of drug-likeness (QED) is 0.890. The third kappa shape index (κ3) is 2.87. The SMILES string of the molecule is CN1CCC(C2(O)CC(c3ccc(F)cc3)c3ccc(F)cc32)CC1. The first-order chi connectivity index (χ1) is 12.0. The summed E-state index contributed by atoms with van der Waals surface area (Å²) in [6.45, 7) is 1.89. The summed E-state index contributed by atoms with van der Waals surface area (Å²) in [6, 6.07) is 11.2. The Bertz CT molecular complexity index is 768. The second-order valence-corrected chi connectivity index (χ2v) is 7.54. The van der Waals surface area contributed by atoms with Gasteiger partial charge in [0.1, 0.15) is 11.6 Å². The van der Waals surface area contributed by atoms with Crippen LogP contribution in [0.1, 0.15) is 41.9 Å². The molecule has 2 aromatic rings. The van der Waals surface area contributed by atoms with Crippen LogP contribution in [0.25, 0.3) is 0 Å². The van der Waals surface area contributed by atoms with Crippen LogP contribution in [0, 0.1) is 17.6 Å². The van der Waals surface area contributed by atoms with Crippen molar-refractivity contribution in [3.8, 4) is 0 Å². The van der Waals surface area contributed by atoms with Crippen LogP contribution >= 0.6 is 0 Å². The highest BCUT2D eigenvalue weighted by molar-refractivity contribution is 5.47. The first-order valence-electron chi connectivity index (χ1n) is 8.93. The number of likely N-dealkylation sites (tertiary alicyclic amines) is 1. The molecule has 2 nitrogen and oxygen atoms in total. The topological polar surface area (TPSA) is 23.5 Å². The standard InChI is InChI=1S/C21H23F2NO/c1-24-10-8-15(9-11-24)21(25)13-19(14-2-4-16(22)5-3-14)18-7-6-17(23)12-20(18)21/h2-7,12,15,19,25H,8-11,13H2,1H3. The molecule has 2 aromatic carbocycles. The Hall–Kier alpha value is -1.78. The lowest BCUT2D eigenvalue weighted by Gasteiger charge is -2.39. The van der Waals surface area contributed by atoms with E-state index in [-0.39, 0.29) is 23.5 Å². The number of benzene rings is 2. The maximum absolute atomic E-state index is 13.9. The average molecular weight is 343 g/mol. The average Bonchev–Trinajstić information content (AvgIpc) is 2.90. The number of nitrogens with zero attached hydrogens (tertiary/aromatic N) is 1. The first kappa shape index (κ1) is 16.7. The second-order valence-electron chi connectivity index (χ2n) is 7.54. The van der Waals surface area contributed by atoms with Crippen LogP contribution in [-0.4, -0.2) is 30.1 Å². The Morgan fingerprint density at radius 1 is 1.00 bits per heavy atom. The molecule has 1 fully saturated rings. The lowest BCUT2D eigenvalue weighted by molar-refractivity contribution is -0.0468. The molecule has 0 aromatic heterocycles. The van der Waals surface area contributed by atoms with Crippen molar-refractivity contribution in [1.82, 2.24) is 4.90 Å². The lowest BCUT2D eigenvalue weighted by atomic mass is 9.76. The molecule has 1 saturated heterocycles. The molecule has 0 amide bonds. The van der Waals surface area contributed by atoms with Gasteiger partial charge in [-0.3, -0.25) is 0 Å². The van der Waals surface area contributed by atoms with E-state index in [1.807, 2.05) is 0 Å². The van der Waals surface area contributed by atoms with E-state index in [0.29, 0.717) is 6.42 Å². The van der Waals surface area contributed by atoms with Crippen molar-refractivity contribution in [2.24, 2.45) is 5.92 Å². The van der Waals surface area contributed by atoms with Crippen molar-refractivity contribution in [3.63, 3.8) is 0 Å². The van der Waals surface area contributed by atoms with Crippen LogP contribution in [-0.2, 0) is 5.60 Å². The van der Waals surface area contributed by atoms with Crippen molar-refractivity contribution in [2.75, 3.05) is 20.1 Å². The van der Waals surface area contributed by atoms with E-state index in [2.05, 4.69) is 11.9 Å². The van der Waals surface area contributed by atoms with E-state index in [1.165, 1.54) is 24.3 Å². The van der Waals surface area contributed by atoms with Gasteiger partial charge in [-0.15, -0.1) is 0 Å². The highest BCUT2D eigenvalue weighted by Gasteiger charge is 2.48. The summed E-state index contributed by atoms with van der Waals surface area (Å²) in [4.78, 5) is 2.26. The van der Waals surface area contributed by atoms with Gasteiger partial charge in [0.05, 0.1) is 5.60 Å². The van der Waals surface area contributed by atoms with Gasteiger partial charge < -0.3 is 10.0 Å². The van der Waals surface area contributed by atoms with Crippen LogP contribution in [0.2, 0.25) is 0 Å². The molecule has 2 atom stereocenters. The predicted molar refractivity (Wildman–Crippen MR) is 93.4 cm³/mol. The van der Waals surface area contributed by atoms with Gasteiger partial charge >= 0.3 is 0 Å². The maximum Gasteiger partial charge on any atom is 0.123 e. The van der Waals surface area contributed by atoms with E-state index in [0.717, 1.165) is 42.6 Å². The number of rotatable bonds is 2. The monoisotopic (exact) mass is 343 g/mol. The van der Waals surface area contributed by atoms with Gasteiger partial charge in [0.25, 0.3) is 0 Å². The molecule has 1 heterocycles. The molecular weight excluding hydrogens is 320 g/mol. The van der Waals surface area contributed by atoms with E-state index < -0.39 is 5.60 Å². The summed E-state index contributed by atoms with van der Waals surface area (Å²) in [5.41, 5.74) is 1.64. The van der Waals surface area contributed by atoms with Crippen molar-refractivity contribution >= 4 is 0 Å². The highest BCUT2D eigenvalue weighted by Crippen LogP contribution is 2.53. The fraction of sp³-hybridized carbons (Fsp3) is 0.429. The summed E-state index contributed by atoms with van der Waals surface area (Å²) >= 11 is 0. The molecule has 4 rings (SSSR count). The van der Waals surface area contributed by atoms with Gasteiger partial charge in [-0.05, 0) is 86.3 Å². The number of aliphatic hydroxyl groups is 1. The van der Waals surface area contributed by atoms with Gasteiger partial charge in [0, 0.05) is 5.92 Å². The third-order valence-electron chi connectivity index (χ3n) is 6.04. The highest BCUT2D eigenvalue weighted by atomic mass is 19.1. The Kier molecular flexibility index (Phi) is 4.13. The van der Waals surface area contributed by atoms with Gasteiger partial charge in [0.15, 0.2) is 0 Å². The first-order valence-corrected chi connectivity index (χ1v) is 8.93. The summed E-state index contributed by atoms with van der Waals surface area (Å²) in [5, 5.41) is 11.6. The zero-order valence-corrected chi connectivity index (χ0v) is 14.4. The third-order valence-corrected chi connectivity index (χ3v) is 6.04. The normalized spacial score (nSPS) is 27.4. The molecule has 0 spiro atoms. The minimum absolute atomic E-state index is 0.0270. The number of fused-ring (bicyclic) bond motifs is 1. The minimum Gasteiger partial charge on any atom is -0.385 e. The van der Waals surface area contributed by atoms with E-state index in [4.69, 9.17) is 0 Å². The second kappa shape index (κ2) is 6.19. The molecule has 25 heavy (non-hydrogen) atoms. The van der Waals surface area contributed by atoms with Crippen molar-refractivity contribution < 1.29 is 13.9 Å². The smallest absolute Gasteiger partial charge is 0.123 e. The van der Waals surface area contributed by atoms with E-state index in [9.17, 15) is 13.9 Å². The van der Waals surface area contributed by atoms with Crippen LogP contribution in [0.4, 0.5) is 8.78 Å². The van der Waals surface area contributed by atoms with Crippen LogP contribution < -0.4 is 0 Å². The summed E-state index contributed by atoms with van der Waals surface area (Å²) in [6.07, 6.45) is 2.34. The molecule has 0 bridgehead atoms. The lowest BCUT2D eigenvalue weighted by Crippen LogP contribution is -2.41. The van der Waals surface area contributed by atoms with E-state index >= 15 is 0 Å². The van der Waals surface area contributed by atoms with Crippen LogP contribution in [0.15, 0.2) is 42.5 Å². The number of halogens is 2. The largest absolute Gasteiger partial charge is 0.385 e. The summed E-state index contributed by atoms with van der Waals surface area (Å²) in [7, 11) is 2.09. The zero-order valence-electron chi connectivity index (χ0n) is 14.4. The molecule has 132 valence electrons. The van der Waals surface area contributed by atoms with Crippen molar-refractivity contribution in [1.29, 1.82) is 0 Å². The number of piperidine rings is 1. The number of hydrogen-bond donors (Lipinski definition) is 1. The fourth-order valence-electron chi connectivity index (χ4n) is 4.60. The molecule has 1 aliphatic carbocycles. The van der Waals surface area contributed by atoms with Gasteiger partial charge in [0.2, 0.25) is 0 Å². The van der Waals surface area contributed by atoms with E-state index in [1.54, 1.807) is 18.2 Å². The summed E-state index contributed by atoms with van der Waals surface area (Å²) < 4.78 is 27.2. The van der Waals surface area contributed by atoms with Gasteiger partial charge in [-0.25, -0.2) is 8.78 Å². The molecule has 1 N–H and O–H groups in total. The summed E-state index contributed by atoms with van der Waals surface area (Å²) in [5.74, 6) is -0.493. The molecular formula is C21H23F2NO. The van der Waals surface area contributed by atoms with Crippen LogP contribution in [0.5, 0.6) is 0 Å². The molecule has 2 aliphatic rings. The van der Waals surface area contributed by atoms with Gasteiger partial charge in [-0.1, -0.05) is 18.2 Å². The van der Waals surface area contributed by atoms with Gasteiger partial charge in [-0.2, -0.15) is 0 Å². The maximum atomic E-state index is 13.9. The minimum atomic E-state index is -1.02. The molecule has 0 radical (unpaired) electrons. The van der Waals surface area contributed by atoms with Crippen LogP contribution in [0.3, 0.4) is 0 Å². The van der Waals surface area contributed by atoms with Crippen molar-refractivity contribution in [3.05, 3.63) is 70.8 Å². The van der Waals surface area contributed by atoms with Crippen molar-refractivity contribution in [2.45, 2.75) is 30.8 Å². The molecule has 4 heteroatoms.